The SMILES string of the molecule is Cc1cc(/C=C2/NC(=O)N(c3ccccc3)C2=O)c(C)n1C. The minimum atomic E-state index is -0.423. The van der Waals surface area contributed by atoms with Gasteiger partial charge >= 0.3 is 6.03 Å². The van der Waals surface area contributed by atoms with Crippen LogP contribution in [0.25, 0.3) is 6.08 Å². The molecule has 3 amide bonds. The van der Waals surface area contributed by atoms with Gasteiger partial charge in [-0.05, 0) is 43.7 Å². The van der Waals surface area contributed by atoms with Gasteiger partial charge in [-0.2, -0.15) is 0 Å². The van der Waals surface area contributed by atoms with Crippen molar-refractivity contribution in [3.05, 3.63) is 59.0 Å². The lowest BCUT2D eigenvalue weighted by atomic mass is 10.2. The van der Waals surface area contributed by atoms with Crippen molar-refractivity contribution in [1.29, 1.82) is 0 Å². The molecule has 1 aliphatic rings. The fourth-order valence-corrected chi connectivity index (χ4v) is 2.53. The van der Waals surface area contributed by atoms with E-state index in [4.69, 9.17) is 0 Å². The highest BCUT2D eigenvalue weighted by Gasteiger charge is 2.34. The quantitative estimate of drug-likeness (QED) is 0.684. The second-order valence-electron chi connectivity index (χ2n) is 5.35. The molecular formula is C17H17N3O2. The molecule has 0 atom stereocenters. The first-order valence-corrected chi connectivity index (χ1v) is 7.04. The molecule has 2 heterocycles. The number of carbonyl (C=O) groups excluding carboxylic acids is 2. The van der Waals surface area contributed by atoms with Gasteiger partial charge in [0, 0.05) is 18.4 Å². The fourth-order valence-electron chi connectivity index (χ4n) is 2.53. The van der Waals surface area contributed by atoms with E-state index in [1.165, 1.54) is 0 Å². The number of anilines is 1. The molecular weight excluding hydrogens is 278 g/mol. The normalized spacial score (nSPS) is 16.5. The van der Waals surface area contributed by atoms with Crippen LogP contribution in [-0.4, -0.2) is 16.5 Å². The third-order valence-electron chi connectivity index (χ3n) is 4.01. The van der Waals surface area contributed by atoms with Crippen LogP contribution in [-0.2, 0) is 11.8 Å². The average Bonchev–Trinajstić information content (AvgIpc) is 2.92. The highest BCUT2D eigenvalue weighted by Crippen LogP contribution is 2.23. The van der Waals surface area contributed by atoms with Gasteiger partial charge in [0.1, 0.15) is 5.70 Å². The van der Waals surface area contributed by atoms with Crippen molar-refractivity contribution < 1.29 is 9.59 Å². The van der Waals surface area contributed by atoms with Gasteiger partial charge in [-0.25, -0.2) is 9.69 Å². The van der Waals surface area contributed by atoms with Gasteiger partial charge in [0.2, 0.25) is 0 Å². The van der Waals surface area contributed by atoms with Crippen molar-refractivity contribution in [3.8, 4) is 0 Å². The number of aryl methyl sites for hydroxylation is 1. The lowest BCUT2D eigenvalue weighted by molar-refractivity contribution is -0.113. The lowest BCUT2D eigenvalue weighted by Crippen LogP contribution is -2.30. The van der Waals surface area contributed by atoms with Crippen LogP contribution in [0, 0.1) is 13.8 Å². The highest BCUT2D eigenvalue weighted by molar-refractivity contribution is 6.28. The monoisotopic (exact) mass is 295 g/mol. The molecule has 1 N–H and O–H groups in total. The molecule has 1 aliphatic heterocycles. The Bertz CT molecular complexity index is 788. The van der Waals surface area contributed by atoms with E-state index in [-0.39, 0.29) is 5.91 Å². The first-order chi connectivity index (χ1) is 10.5. The Morgan fingerprint density at radius 3 is 2.36 bits per heavy atom. The second-order valence-corrected chi connectivity index (χ2v) is 5.35. The summed E-state index contributed by atoms with van der Waals surface area (Å²) in [5.41, 5.74) is 3.93. The number of para-hydroxylation sites is 1. The predicted molar refractivity (Wildman–Crippen MR) is 85.3 cm³/mol. The van der Waals surface area contributed by atoms with E-state index < -0.39 is 6.03 Å². The van der Waals surface area contributed by atoms with Crippen molar-refractivity contribution in [2.24, 2.45) is 7.05 Å². The highest BCUT2D eigenvalue weighted by atomic mass is 16.2. The Labute approximate surface area is 128 Å². The lowest BCUT2D eigenvalue weighted by Gasteiger charge is -2.10. The number of imide groups is 1. The Morgan fingerprint density at radius 1 is 1.09 bits per heavy atom. The van der Waals surface area contributed by atoms with Gasteiger partial charge in [-0.3, -0.25) is 4.79 Å². The first kappa shape index (κ1) is 14.1. The molecule has 112 valence electrons. The summed E-state index contributed by atoms with van der Waals surface area (Å²) in [6.45, 7) is 3.98. The number of rotatable bonds is 2. The van der Waals surface area contributed by atoms with Crippen LogP contribution in [0.15, 0.2) is 42.1 Å². The number of amides is 3. The molecule has 0 unspecified atom stereocenters. The van der Waals surface area contributed by atoms with E-state index >= 15 is 0 Å². The van der Waals surface area contributed by atoms with Gasteiger partial charge in [0.15, 0.2) is 0 Å². The molecule has 22 heavy (non-hydrogen) atoms. The summed E-state index contributed by atoms with van der Waals surface area (Å²) in [5, 5.41) is 2.65. The number of urea groups is 1. The zero-order chi connectivity index (χ0) is 15.9. The number of nitrogens with one attached hydrogen (secondary N) is 1. The average molecular weight is 295 g/mol. The number of carbonyl (C=O) groups is 2. The first-order valence-electron chi connectivity index (χ1n) is 7.04. The summed E-state index contributed by atoms with van der Waals surface area (Å²) in [5.74, 6) is -0.336. The van der Waals surface area contributed by atoms with Crippen LogP contribution < -0.4 is 10.2 Å². The van der Waals surface area contributed by atoms with Crippen LogP contribution in [0.1, 0.15) is 17.0 Å². The third kappa shape index (κ3) is 2.20. The van der Waals surface area contributed by atoms with Crippen molar-refractivity contribution >= 4 is 23.7 Å². The number of benzene rings is 1. The predicted octanol–water partition coefficient (Wildman–Crippen LogP) is 2.74. The molecule has 3 rings (SSSR count). The third-order valence-corrected chi connectivity index (χ3v) is 4.01. The Kier molecular flexibility index (Phi) is 3.33. The zero-order valence-corrected chi connectivity index (χ0v) is 12.8. The van der Waals surface area contributed by atoms with Crippen molar-refractivity contribution in [2.75, 3.05) is 4.90 Å². The van der Waals surface area contributed by atoms with Crippen molar-refractivity contribution in [3.63, 3.8) is 0 Å². The Hall–Kier alpha value is -2.82. The largest absolute Gasteiger partial charge is 0.352 e. The molecule has 0 radical (unpaired) electrons. The topological polar surface area (TPSA) is 54.3 Å². The maximum atomic E-state index is 12.5. The van der Waals surface area contributed by atoms with E-state index in [1.807, 2.05) is 37.6 Å². The molecule has 0 spiro atoms. The fraction of sp³-hybridized carbons (Fsp3) is 0.176. The Balaban J connectivity index is 1.97. The molecule has 1 aromatic heterocycles. The van der Waals surface area contributed by atoms with Gasteiger partial charge in [0.05, 0.1) is 5.69 Å². The van der Waals surface area contributed by atoms with Crippen molar-refractivity contribution in [1.82, 2.24) is 9.88 Å². The summed E-state index contributed by atoms with van der Waals surface area (Å²) in [6, 6.07) is 10.5. The molecule has 1 aromatic carbocycles. The van der Waals surface area contributed by atoms with E-state index in [2.05, 4.69) is 5.32 Å². The summed E-state index contributed by atoms with van der Waals surface area (Å²) in [4.78, 5) is 25.7. The van der Waals surface area contributed by atoms with E-state index in [0.717, 1.165) is 21.9 Å². The van der Waals surface area contributed by atoms with Crippen LogP contribution in [0.2, 0.25) is 0 Å². The van der Waals surface area contributed by atoms with E-state index in [0.29, 0.717) is 11.4 Å². The van der Waals surface area contributed by atoms with Gasteiger partial charge < -0.3 is 9.88 Å². The molecule has 0 saturated carbocycles. The number of nitrogens with zero attached hydrogens (tertiary/aromatic N) is 2. The standard InChI is InChI=1S/C17H17N3O2/c1-11-9-13(12(2)19(11)3)10-15-16(21)20(17(22)18-15)14-7-5-4-6-8-14/h4-10H,1-3H3,(H,18,22)/b15-10+. The number of aromatic nitrogens is 1. The maximum Gasteiger partial charge on any atom is 0.333 e. The summed E-state index contributed by atoms with van der Waals surface area (Å²) >= 11 is 0. The van der Waals surface area contributed by atoms with Gasteiger partial charge in [-0.1, -0.05) is 18.2 Å². The van der Waals surface area contributed by atoms with Crippen LogP contribution >= 0.6 is 0 Å². The molecule has 0 bridgehead atoms. The molecule has 1 saturated heterocycles. The zero-order valence-electron chi connectivity index (χ0n) is 12.8. The second kappa shape index (κ2) is 5.18. The maximum absolute atomic E-state index is 12.5. The smallest absolute Gasteiger partial charge is 0.333 e. The minimum Gasteiger partial charge on any atom is -0.352 e. The van der Waals surface area contributed by atoms with E-state index in [1.54, 1.807) is 30.3 Å². The summed E-state index contributed by atoms with van der Waals surface area (Å²) in [7, 11) is 1.97. The molecule has 2 aromatic rings. The van der Waals surface area contributed by atoms with Gasteiger partial charge in [-0.15, -0.1) is 0 Å². The van der Waals surface area contributed by atoms with Gasteiger partial charge in [0.25, 0.3) is 5.91 Å². The molecule has 1 fully saturated rings. The number of hydrogen-bond acceptors (Lipinski definition) is 2. The molecule has 0 aliphatic carbocycles. The Morgan fingerprint density at radius 2 is 1.77 bits per heavy atom. The minimum absolute atomic E-state index is 0.294. The summed E-state index contributed by atoms with van der Waals surface area (Å²) in [6.07, 6.45) is 1.73. The van der Waals surface area contributed by atoms with Crippen LogP contribution in [0.5, 0.6) is 0 Å². The molecule has 5 heteroatoms. The van der Waals surface area contributed by atoms with Crippen LogP contribution in [0.3, 0.4) is 0 Å². The summed E-state index contributed by atoms with van der Waals surface area (Å²) < 4.78 is 2.04. The van der Waals surface area contributed by atoms with Crippen LogP contribution in [0.4, 0.5) is 10.5 Å². The number of hydrogen-bond donors (Lipinski definition) is 1. The van der Waals surface area contributed by atoms with E-state index in [9.17, 15) is 9.59 Å². The van der Waals surface area contributed by atoms with Crippen molar-refractivity contribution in [2.45, 2.75) is 13.8 Å². The molecule has 5 nitrogen and oxygen atoms in total.